The van der Waals surface area contributed by atoms with Crippen molar-refractivity contribution in [1.82, 2.24) is 13.9 Å². The summed E-state index contributed by atoms with van der Waals surface area (Å²) in [6, 6.07) is 0. The van der Waals surface area contributed by atoms with Gasteiger partial charge in [0.1, 0.15) is 0 Å². The summed E-state index contributed by atoms with van der Waals surface area (Å²) in [6.45, 7) is 5.36. The SMILES string of the molecule is CNC(=O)C1CCN(S(=O)(=O)N2C[C@H](C)O[C@@H](C)C2)CC1. The lowest BCUT2D eigenvalue weighted by Crippen LogP contribution is -2.54. The molecule has 0 spiro atoms. The van der Waals surface area contributed by atoms with Crippen molar-refractivity contribution in [1.29, 1.82) is 0 Å². The van der Waals surface area contributed by atoms with Gasteiger partial charge in [0.15, 0.2) is 0 Å². The summed E-state index contributed by atoms with van der Waals surface area (Å²) >= 11 is 0. The fourth-order valence-corrected chi connectivity index (χ4v) is 4.83. The van der Waals surface area contributed by atoms with Crippen molar-refractivity contribution in [2.75, 3.05) is 33.2 Å². The van der Waals surface area contributed by atoms with Crippen molar-refractivity contribution >= 4 is 16.1 Å². The van der Waals surface area contributed by atoms with Crippen molar-refractivity contribution in [2.45, 2.75) is 38.9 Å². The third-order valence-corrected chi connectivity index (χ3v) is 6.08. The number of amides is 1. The molecule has 7 nitrogen and oxygen atoms in total. The van der Waals surface area contributed by atoms with Gasteiger partial charge in [-0.25, -0.2) is 0 Å². The molecule has 2 saturated heterocycles. The summed E-state index contributed by atoms with van der Waals surface area (Å²) in [4.78, 5) is 11.6. The maximum absolute atomic E-state index is 12.7. The average molecular weight is 319 g/mol. The number of nitrogens with one attached hydrogen (secondary N) is 1. The van der Waals surface area contributed by atoms with Crippen molar-refractivity contribution in [3.63, 3.8) is 0 Å². The van der Waals surface area contributed by atoms with Gasteiger partial charge >= 0.3 is 0 Å². The molecule has 0 aliphatic carbocycles. The zero-order valence-electron chi connectivity index (χ0n) is 12.9. The van der Waals surface area contributed by atoms with E-state index in [0.29, 0.717) is 39.0 Å². The maximum Gasteiger partial charge on any atom is 0.282 e. The Kier molecular flexibility index (Phi) is 5.24. The second-order valence-electron chi connectivity index (χ2n) is 5.87. The second kappa shape index (κ2) is 6.60. The number of piperidine rings is 1. The third kappa shape index (κ3) is 3.74. The molecular weight excluding hydrogens is 294 g/mol. The number of rotatable bonds is 3. The van der Waals surface area contributed by atoms with Crippen molar-refractivity contribution in [2.24, 2.45) is 5.92 Å². The van der Waals surface area contributed by atoms with Crippen molar-refractivity contribution in [3.8, 4) is 0 Å². The molecule has 2 fully saturated rings. The molecule has 2 aliphatic heterocycles. The Morgan fingerprint density at radius 1 is 1.10 bits per heavy atom. The summed E-state index contributed by atoms with van der Waals surface area (Å²) in [5.74, 6) is -0.0790. The molecule has 0 unspecified atom stereocenters. The van der Waals surface area contributed by atoms with Gasteiger partial charge in [0, 0.05) is 39.1 Å². The van der Waals surface area contributed by atoms with Crippen LogP contribution in [-0.2, 0) is 19.7 Å². The largest absolute Gasteiger partial charge is 0.373 e. The second-order valence-corrected chi connectivity index (χ2v) is 7.80. The van der Waals surface area contributed by atoms with Crippen molar-refractivity contribution in [3.05, 3.63) is 0 Å². The van der Waals surface area contributed by atoms with Crippen LogP contribution in [0.4, 0.5) is 0 Å². The topological polar surface area (TPSA) is 79.0 Å². The summed E-state index contributed by atoms with van der Waals surface area (Å²) in [7, 11) is -1.84. The standard InChI is InChI=1S/C13H25N3O4S/c1-10-8-16(9-11(2)20-10)21(18,19)15-6-4-12(5-7-15)13(17)14-3/h10-12H,4-9H2,1-3H3,(H,14,17)/t10-,11-/m0/s1. The molecule has 122 valence electrons. The van der Waals surface area contributed by atoms with Crippen LogP contribution in [0.3, 0.4) is 0 Å². The molecule has 0 aromatic heterocycles. The van der Waals surface area contributed by atoms with Gasteiger partial charge in [-0.1, -0.05) is 0 Å². The van der Waals surface area contributed by atoms with Gasteiger partial charge in [-0.15, -0.1) is 0 Å². The zero-order chi connectivity index (χ0) is 15.6. The number of morpholine rings is 1. The first-order valence-corrected chi connectivity index (χ1v) is 8.86. The van der Waals surface area contributed by atoms with Gasteiger partial charge < -0.3 is 10.1 Å². The molecule has 2 heterocycles. The maximum atomic E-state index is 12.7. The van der Waals surface area contributed by atoms with Crippen molar-refractivity contribution < 1.29 is 17.9 Å². The van der Waals surface area contributed by atoms with Crippen LogP contribution < -0.4 is 5.32 Å². The molecule has 0 aromatic carbocycles. The highest BCUT2D eigenvalue weighted by molar-refractivity contribution is 7.86. The normalized spacial score (nSPS) is 30.2. The molecule has 0 saturated carbocycles. The third-order valence-electron chi connectivity index (χ3n) is 4.11. The molecule has 2 aliphatic rings. The van der Waals surface area contributed by atoms with Gasteiger partial charge in [-0.2, -0.15) is 17.0 Å². The molecular formula is C13H25N3O4S. The minimum absolute atomic E-state index is 0.000616. The van der Waals surface area contributed by atoms with Crippen LogP contribution in [0.1, 0.15) is 26.7 Å². The van der Waals surface area contributed by atoms with Gasteiger partial charge in [-0.05, 0) is 26.7 Å². The number of carbonyl (C=O) groups is 1. The van der Waals surface area contributed by atoms with E-state index in [0.717, 1.165) is 0 Å². The minimum atomic E-state index is -3.45. The van der Waals surface area contributed by atoms with E-state index >= 15 is 0 Å². The summed E-state index contributed by atoms with van der Waals surface area (Å²) < 4.78 is 33.9. The van der Waals surface area contributed by atoms with Crippen LogP contribution in [-0.4, -0.2) is 68.4 Å². The van der Waals surface area contributed by atoms with Crippen LogP contribution in [0.5, 0.6) is 0 Å². The quantitative estimate of drug-likeness (QED) is 0.781. The first kappa shape index (κ1) is 16.7. The molecule has 1 N–H and O–H groups in total. The van der Waals surface area contributed by atoms with E-state index in [1.54, 1.807) is 7.05 Å². The van der Waals surface area contributed by atoms with Gasteiger partial charge in [0.25, 0.3) is 10.2 Å². The smallest absolute Gasteiger partial charge is 0.282 e. The molecule has 0 radical (unpaired) electrons. The molecule has 8 heteroatoms. The highest BCUT2D eigenvalue weighted by atomic mass is 32.2. The Labute approximate surface area is 126 Å². The van der Waals surface area contributed by atoms with E-state index in [2.05, 4.69) is 5.32 Å². The molecule has 2 rings (SSSR count). The Hall–Kier alpha value is -0.700. The van der Waals surface area contributed by atoms with Crippen LogP contribution in [0.25, 0.3) is 0 Å². The highest BCUT2D eigenvalue weighted by Gasteiger charge is 2.37. The zero-order valence-corrected chi connectivity index (χ0v) is 13.7. The lowest BCUT2D eigenvalue weighted by atomic mass is 9.97. The molecule has 2 atom stereocenters. The van der Waals surface area contributed by atoms with E-state index in [4.69, 9.17) is 4.74 Å². The van der Waals surface area contributed by atoms with E-state index < -0.39 is 10.2 Å². The van der Waals surface area contributed by atoms with E-state index in [1.807, 2.05) is 13.8 Å². The minimum Gasteiger partial charge on any atom is -0.373 e. The van der Waals surface area contributed by atoms with Crippen LogP contribution >= 0.6 is 0 Å². The van der Waals surface area contributed by atoms with Crippen LogP contribution in [0, 0.1) is 5.92 Å². The number of nitrogens with zero attached hydrogens (tertiary/aromatic N) is 2. The predicted molar refractivity (Wildman–Crippen MR) is 78.9 cm³/mol. The molecule has 0 aromatic rings. The molecule has 21 heavy (non-hydrogen) atoms. The number of hydrogen-bond acceptors (Lipinski definition) is 4. The Morgan fingerprint density at radius 2 is 1.62 bits per heavy atom. The van der Waals surface area contributed by atoms with Gasteiger partial charge in [-0.3, -0.25) is 4.79 Å². The Morgan fingerprint density at radius 3 is 2.10 bits per heavy atom. The monoisotopic (exact) mass is 319 g/mol. The first-order chi connectivity index (χ1) is 9.84. The summed E-state index contributed by atoms with van der Waals surface area (Å²) in [6.07, 6.45) is 0.974. The average Bonchev–Trinajstić information content (AvgIpc) is 2.45. The number of hydrogen-bond donors (Lipinski definition) is 1. The van der Waals surface area contributed by atoms with Crippen LogP contribution in [0.15, 0.2) is 0 Å². The summed E-state index contributed by atoms with van der Waals surface area (Å²) in [5, 5.41) is 2.63. The predicted octanol–water partition coefficient (Wildman–Crippen LogP) is -0.202. The molecule has 0 bridgehead atoms. The fourth-order valence-electron chi connectivity index (χ4n) is 3.04. The summed E-state index contributed by atoms with van der Waals surface area (Å²) in [5.41, 5.74) is 0. The number of carbonyl (C=O) groups excluding carboxylic acids is 1. The lowest BCUT2D eigenvalue weighted by Gasteiger charge is -2.39. The van der Waals surface area contributed by atoms with E-state index in [9.17, 15) is 13.2 Å². The fraction of sp³-hybridized carbons (Fsp3) is 0.923. The first-order valence-electron chi connectivity index (χ1n) is 7.47. The molecule has 1 amide bonds. The Bertz CT molecular complexity index is 464. The Balaban J connectivity index is 1.99. The van der Waals surface area contributed by atoms with Gasteiger partial charge in [0.05, 0.1) is 12.2 Å². The van der Waals surface area contributed by atoms with E-state index in [1.165, 1.54) is 8.61 Å². The van der Waals surface area contributed by atoms with Gasteiger partial charge in [0.2, 0.25) is 5.91 Å². The van der Waals surface area contributed by atoms with Crippen LogP contribution in [0.2, 0.25) is 0 Å². The van der Waals surface area contributed by atoms with E-state index in [-0.39, 0.29) is 24.0 Å². The highest BCUT2D eigenvalue weighted by Crippen LogP contribution is 2.23. The lowest BCUT2D eigenvalue weighted by molar-refractivity contribution is -0.125. The number of ether oxygens (including phenoxy) is 1.